The van der Waals surface area contributed by atoms with Crippen LogP contribution in [-0.4, -0.2) is 28.2 Å². The Bertz CT molecular complexity index is 485. The van der Waals surface area contributed by atoms with Crippen LogP contribution < -0.4 is 5.32 Å². The van der Waals surface area contributed by atoms with Gasteiger partial charge in [0.2, 0.25) is 0 Å². The molecule has 0 aliphatic carbocycles. The summed E-state index contributed by atoms with van der Waals surface area (Å²) in [6, 6.07) is 6.17. The number of aliphatic hydroxyl groups excluding tert-OH is 1. The highest BCUT2D eigenvalue weighted by Gasteiger charge is 2.03. The zero-order chi connectivity index (χ0) is 11.4. The van der Waals surface area contributed by atoms with Crippen molar-refractivity contribution >= 4 is 16.7 Å². The van der Waals surface area contributed by atoms with Gasteiger partial charge in [-0.25, -0.2) is 9.97 Å². The van der Waals surface area contributed by atoms with E-state index in [1.807, 2.05) is 6.07 Å². The first kappa shape index (κ1) is 10.8. The van der Waals surface area contributed by atoms with Crippen molar-refractivity contribution in [3.63, 3.8) is 0 Å². The molecule has 4 heteroatoms. The van der Waals surface area contributed by atoms with E-state index in [1.54, 1.807) is 0 Å². The summed E-state index contributed by atoms with van der Waals surface area (Å²) in [5, 5.41) is 12.9. The molecule has 2 rings (SSSR count). The maximum atomic E-state index is 8.79. The van der Waals surface area contributed by atoms with Crippen molar-refractivity contribution in [3.8, 4) is 0 Å². The highest BCUT2D eigenvalue weighted by molar-refractivity contribution is 5.89. The van der Waals surface area contributed by atoms with E-state index < -0.39 is 0 Å². The van der Waals surface area contributed by atoms with E-state index in [2.05, 4.69) is 34.3 Å². The van der Waals surface area contributed by atoms with Crippen molar-refractivity contribution < 1.29 is 5.11 Å². The van der Waals surface area contributed by atoms with Gasteiger partial charge in [0.15, 0.2) is 0 Å². The molecule has 0 unspecified atom stereocenters. The minimum Gasteiger partial charge on any atom is -0.395 e. The molecule has 0 radical (unpaired) electrons. The van der Waals surface area contributed by atoms with E-state index in [-0.39, 0.29) is 6.61 Å². The van der Waals surface area contributed by atoms with Gasteiger partial charge in [-0.15, -0.1) is 0 Å². The summed E-state index contributed by atoms with van der Waals surface area (Å²) >= 11 is 0. The van der Waals surface area contributed by atoms with Crippen molar-refractivity contribution in [1.29, 1.82) is 0 Å². The number of nitrogens with one attached hydrogen (secondary N) is 1. The predicted molar refractivity (Wildman–Crippen MR) is 64.5 cm³/mol. The zero-order valence-electron chi connectivity index (χ0n) is 9.27. The van der Waals surface area contributed by atoms with E-state index in [1.165, 1.54) is 11.9 Å². The minimum absolute atomic E-state index is 0.0962. The lowest BCUT2D eigenvalue weighted by molar-refractivity contribution is 0.311. The Morgan fingerprint density at radius 1 is 1.31 bits per heavy atom. The van der Waals surface area contributed by atoms with E-state index in [4.69, 9.17) is 5.11 Å². The largest absolute Gasteiger partial charge is 0.395 e. The zero-order valence-corrected chi connectivity index (χ0v) is 9.27. The fraction of sp³-hybridized carbons (Fsp3) is 0.333. The predicted octanol–water partition coefficient (Wildman–Crippen LogP) is 1.60. The monoisotopic (exact) mass is 217 g/mol. The van der Waals surface area contributed by atoms with Gasteiger partial charge in [-0.2, -0.15) is 0 Å². The molecule has 0 aliphatic rings. The number of anilines is 1. The summed E-state index contributed by atoms with van der Waals surface area (Å²) in [6.45, 7) is 2.72. The van der Waals surface area contributed by atoms with E-state index in [0.29, 0.717) is 6.54 Å². The van der Waals surface area contributed by atoms with Gasteiger partial charge in [0, 0.05) is 11.9 Å². The fourth-order valence-corrected chi connectivity index (χ4v) is 1.64. The number of fused-ring (bicyclic) bond motifs is 1. The second kappa shape index (κ2) is 4.90. The first-order chi connectivity index (χ1) is 7.85. The first-order valence-electron chi connectivity index (χ1n) is 5.43. The van der Waals surface area contributed by atoms with Crippen LogP contribution in [0.3, 0.4) is 0 Å². The molecular weight excluding hydrogens is 202 g/mol. The van der Waals surface area contributed by atoms with E-state index in [0.717, 1.165) is 23.1 Å². The number of rotatable bonds is 4. The highest BCUT2D eigenvalue weighted by atomic mass is 16.3. The van der Waals surface area contributed by atoms with Crippen LogP contribution in [0.4, 0.5) is 5.82 Å². The van der Waals surface area contributed by atoms with E-state index >= 15 is 0 Å². The lowest BCUT2D eigenvalue weighted by atomic mass is 10.1. The van der Waals surface area contributed by atoms with Gasteiger partial charge < -0.3 is 10.4 Å². The van der Waals surface area contributed by atoms with Crippen molar-refractivity contribution in [2.75, 3.05) is 18.5 Å². The van der Waals surface area contributed by atoms with Gasteiger partial charge in [0.25, 0.3) is 0 Å². The Morgan fingerprint density at radius 2 is 2.19 bits per heavy atom. The van der Waals surface area contributed by atoms with Crippen molar-refractivity contribution in [3.05, 3.63) is 30.1 Å². The summed E-state index contributed by atoms with van der Waals surface area (Å²) in [6.07, 6.45) is 2.53. The number of hydrogen-bond donors (Lipinski definition) is 2. The number of benzene rings is 1. The molecule has 0 amide bonds. The molecule has 0 bridgehead atoms. The van der Waals surface area contributed by atoms with Crippen LogP contribution >= 0.6 is 0 Å². The van der Waals surface area contributed by atoms with Gasteiger partial charge in [-0.1, -0.05) is 13.0 Å². The maximum Gasteiger partial charge on any atom is 0.137 e. The molecule has 2 aromatic rings. The molecule has 4 nitrogen and oxygen atoms in total. The standard InChI is InChI=1S/C12H15N3O/c1-2-9-3-4-11-10(7-9)12(13-5-6-16)15-8-14-11/h3-4,7-8,16H,2,5-6H2,1H3,(H,13,14,15). The smallest absolute Gasteiger partial charge is 0.137 e. The summed E-state index contributed by atoms with van der Waals surface area (Å²) < 4.78 is 0. The number of aryl methyl sites for hydroxylation is 1. The quantitative estimate of drug-likeness (QED) is 0.816. The Labute approximate surface area is 94.4 Å². The summed E-state index contributed by atoms with van der Waals surface area (Å²) in [4.78, 5) is 8.40. The average molecular weight is 217 g/mol. The number of hydrogen-bond acceptors (Lipinski definition) is 4. The molecule has 16 heavy (non-hydrogen) atoms. The third-order valence-electron chi connectivity index (χ3n) is 2.51. The fourth-order valence-electron chi connectivity index (χ4n) is 1.64. The summed E-state index contributed by atoms with van der Waals surface area (Å²) in [5.74, 6) is 0.786. The minimum atomic E-state index is 0.0962. The first-order valence-corrected chi connectivity index (χ1v) is 5.43. The molecule has 0 atom stereocenters. The second-order valence-corrected chi connectivity index (χ2v) is 3.58. The Hall–Kier alpha value is -1.68. The molecule has 1 heterocycles. The van der Waals surface area contributed by atoms with E-state index in [9.17, 15) is 0 Å². The van der Waals surface area contributed by atoms with Gasteiger partial charge in [0.05, 0.1) is 12.1 Å². The SMILES string of the molecule is CCc1ccc2ncnc(NCCO)c2c1. The number of aliphatic hydroxyl groups is 1. The molecular formula is C12H15N3O. The Balaban J connectivity index is 2.46. The van der Waals surface area contributed by atoms with Gasteiger partial charge in [0.1, 0.15) is 12.1 Å². The van der Waals surface area contributed by atoms with Crippen LogP contribution in [0.5, 0.6) is 0 Å². The van der Waals surface area contributed by atoms with Crippen molar-refractivity contribution in [2.24, 2.45) is 0 Å². The second-order valence-electron chi connectivity index (χ2n) is 3.58. The van der Waals surface area contributed by atoms with Gasteiger partial charge in [-0.05, 0) is 24.1 Å². The normalized spacial score (nSPS) is 10.6. The van der Waals surface area contributed by atoms with Crippen molar-refractivity contribution in [1.82, 2.24) is 9.97 Å². The molecule has 0 saturated carbocycles. The summed E-state index contributed by atoms with van der Waals surface area (Å²) in [5.41, 5.74) is 2.18. The van der Waals surface area contributed by atoms with Crippen LogP contribution in [0.25, 0.3) is 10.9 Å². The van der Waals surface area contributed by atoms with Crippen LogP contribution in [0.15, 0.2) is 24.5 Å². The third-order valence-corrected chi connectivity index (χ3v) is 2.51. The average Bonchev–Trinajstić information content (AvgIpc) is 2.35. The van der Waals surface area contributed by atoms with Gasteiger partial charge >= 0.3 is 0 Å². The molecule has 1 aromatic heterocycles. The molecule has 0 fully saturated rings. The summed E-state index contributed by atoms with van der Waals surface area (Å²) in [7, 11) is 0. The molecule has 84 valence electrons. The Kier molecular flexibility index (Phi) is 3.31. The van der Waals surface area contributed by atoms with Crippen LogP contribution in [0.2, 0.25) is 0 Å². The number of aromatic nitrogens is 2. The maximum absolute atomic E-state index is 8.79. The molecule has 1 aromatic carbocycles. The Morgan fingerprint density at radius 3 is 2.94 bits per heavy atom. The lowest BCUT2D eigenvalue weighted by Gasteiger charge is -2.07. The van der Waals surface area contributed by atoms with Crippen LogP contribution in [0.1, 0.15) is 12.5 Å². The molecule has 0 saturated heterocycles. The van der Waals surface area contributed by atoms with Crippen LogP contribution in [0, 0.1) is 0 Å². The van der Waals surface area contributed by atoms with Crippen molar-refractivity contribution in [2.45, 2.75) is 13.3 Å². The number of nitrogens with zero attached hydrogens (tertiary/aromatic N) is 2. The molecule has 0 aliphatic heterocycles. The topological polar surface area (TPSA) is 58.0 Å². The molecule has 2 N–H and O–H groups in total. The van der Waals surface area contributed by atoms with Crippen LogP contribution in [-0.2, 0) is 6.42 Å². The third kappa shape index (κ3) is 2.12. The van der Waals surface area contributed by atoms with Gasteiger partial charge in [-0.3, -0.25) is 0 Å². The highest BCUT2D eigenvalue weighted by Crippen LogP contribution is 2.20. The lowest BCUT2D eigenvalue weighted by Crippen LogP contribution is -2.07. The molecule has 0 spiro atoms.